The topological polar surface area (TPSA) is 94.8 Å². The van der Waals surface area contributed by atoms with Gasteiger partial charge in [0, 0.05) is 5.02 Å². The molecule has 5 rings (SSSR count). The van der Waals surface area contributed by atoms with E-state index >= 15 is 0 Å². The normalized spacial score (nSPS) is 15.1. The smallest absolute Gasteiger partial charge is 0.297 e. The van der Waals surface area contributed by atoms with E-state index in [0.717, 1.165) is 10.6 Å². The predicted octanol–water partition coefficient (Wildman–Crippen LogP) is 4.94. The molecule has 10 heteroatoms. The molecule has 4 aromatic rings. The Morgan fingerprint density at radius 3 is 2.56 bits per heavy atom. The first-order valence-corrected chi connectivity index (χ1v) is 11.7. The molecular formula is C24H20ClN3O5S. The van der Waals surface area contributed by atoms with Gasteiger partial charge in [0.05, 0.1) is 31.2 Å². The second-order valence-corrected chi connectivity index (χ2v) is 9.24. The summed E-state index contributed by atoms with van der Waals surface area (Å²) >= 11 is 7.60. The van der Waals surface area contributed by atoms with Crippen LogP contribution in [0.1, 0.15) is 45.2 Å². The van der Waals surface area contributed by atoms with Crippen molar-refractivity contribution in [1.82, 2.24) is 10.2 Å². The van der Waals surface area contributed by atoms with Crippen LogP contribution in [0.3, 0.4) is 0 Å². The van der Waals surface area contributed by atoms with Gasteiger partial charge < -0.3 is 13.9 Å². The summed E-state index contributed by atoms with van der Waals surface area (Å²) in [6.07, 6.45) is 0.673. The largest absolute Gasteiger partial charge is 0.493 e. The molecule has 1 aliphatic rings. The van der Waals surface area contributed by atoms with Crippen LogP contribution in [0.5, 0.6) is 11.5 Å². The zero-order valence-electron chi connectivity index (χ0n) is 18.8. The lowest BCUT2D eigenvalue weighted by Crippen LogP contribution is -2.29. The van der Waals surface area contributed by atoms with Crippen LogP contribution in [0.25, 0.3) is 11.0 Å². The third kappa shape index (κ3) is 3.35. The minimum absolute atomic E-state index is 0.0211. The Morgan fingerprint density at radius 2 is 1.88 bits per heavy atom. The fourth-order valence-electron chi connectivity index (χ4n) is 4.11. The molecule has 34 heavy (non-hydrogen) atoms. The quantitative estimate of drug-likeness (QED) is 0.385. The lowest BCUT2D eigenvalue weighted by molar-refractivity contribution is 0.0970. The van der Waals surface area contributed by atoms with Crippen molar-refractivity contribution in [2.24, 2.45) is 0 Å². The van der Waals surface area contributed by atoms with Crippen molar-refractivity contribution >= 4 is 44.9 Å². The summed E-state index contributed by atoms with van der Waals surface area (Å²) in [6, 6.07) is 7.72. The van der Waals surface area contributed by atoms with Gasteiger partial charge in [-0.15, -0.1) is 10.2 Å². The number of rotatable bonds is 5. The summed E-state index contributed by atoms with van der Waals surface area (Å²) in [5.41, 5.74) is 1.58. The van der Waals surface area contributed by atoms with Gasteiger partial charge in [-0.25, -0.2) is 0 Å². The van der Waals surface area contributed by atoms with Gasteiger partial charge in [-0.1, -0.05) is 35.9 Å². The van der Waals surface area contributed by atoms with Crippen LogP contribution in [0, 0.1) is 6.92 Å². The van der Waals surface area contributed by atoms with E-state index in [-0.39, 0.29) is 16.8 Å². The number of carbonyl (C=O) groups excluding carboxylic acids is 1. The number of aryl methyl sites for hydroxylation is 2. The van der Waals surface area contributed by atoms with E-state index in [1.54, 1.807) is 30.3 Å². The van der Waals surface area contributed by atoms with Gasteiger partial charge in [-0.05, 0) is 48.7 Å². The van der Waals surface area contributed by atoms with Crippen LogP contribution >= 0.6 is 22.9 Å². The van der Waals surface area contributed by atoms with Gasteiger partial charge in [0.2, 0.25) is 10.9 Å². The molecule has 0 bridgehead atoms. The molecule has 174 valence electrons. The average Bonchev–Trinajstić information content (AvgIpc) is 3.42. The van der Waals surface area contributed by atoms with Crippen molar-refractivity contribution in [3.05, 3.63) is 73.0 Å². The molecule has 0 fully saturated rings. The number of fused-ring (bicyclic) bond motifs is 2. The molecule has 0 radical (unpaired) electrons. The van der Waals surface area contributed by atoms with Crippen molar-refractivity contribution in [1.29, 1.82) is 0 Å². The van der Waals surface area contributed by atoms with Crippen molar-refractivity contribution in [3.8, 4) is 11.5 Å². The number of methoxy groups -OCH3 is 2. The van der Waals surface area contributed by atoms with Crippen LogP contribution in [0.15, 0.2) is 39.5 Å². The SMILES string of the molecule is CCc1nnc(N2C(=O)c3oc4cc(C)c(Cl)cc4c(=O)c3C2c2ccc(OC)c(OC)c2)s1. The molecule has 2 aromatic carbocycles. The summed E-state index contributed by atoms with van der Waals surface area (Å²) < 4.78 is 16.9. The average molecular weight is 498 g/mol. The highest BCUT2D eigenvalue weighted by Gasteiger charge is 2.45. The van der Waals surface area contributed by atoms with Crippen molar-refractivity contribution in [2.75, 3.05) is 19.1 Å². The van der Waals surface area contributed by atoms with Crippen LogP contribution in [-0.4, -0.2) is 30.3 Å². The molecule has 0 aliphatic carbocycles. The maximum atomic E-state index is 13.7. The molecule has 8 nitrogen and oxygen atoms in total. The van der Waals surface area contributed by atoms with Gasteiger partial charge in [0.1, 0.15) is 10.6 Å². The minimum Gasteiger partial charge on any atom is -0.493 e. The van der Waals surface area contributed by atoms with Gasteiger partial charge in [0.15, 0.2) is 16.9 Å². The first kappa shape index (κ1) is 22.4. The molecule has 2 aromatic heterocycles. The van der Waals surface area contributed by atoms with Crippen molar-refractivity contribution in [2.45, 2.75) is 26.3 Å². The lowest BCUT2D eigenvalue weighted by atomic mass is 9.98. The lowest BCUT2D eigenvalue weighted by Gasteiger charge is -2.23. The second kappa shape index (κ2) is 8.41. The third-order valence-electron chi connectivity index (χ3n) is 5.84. The predicted molar refractivity (Wildman–Crippen MR) is 130 cm³/mol. The highest BCUT2D eigenvalue weighted by molar-refractivity contribution is 7.15. The molecule has 1 atom stereocenters. The highest BCUT2D eigenvalue weighted by atomic mass is 35.5. The number of nitrogens with zero attached hydrogens (tertiary/aromatic N) is 3. The third-order valence-corrected chi connectivity index (χ3v) is 7.31. The van der Waals surface area contributed by atoms with E-state index < -0.39 is 11.9 Å². The summed E-state index contributed by atoms with van der Waals surface area (Å²) in [7, 11) is 3.07. The second-order valence-electron chi connectivity index (χ2n) is 7.80. The molecule has 0 saturated carbocycles. The Hall–Kier alpha value is -3.43. The van der Waals surface area contributed by atoms with Crippen LogP contribution in [-0.2, 0) is 6.42 Å². The molecule has 3 heterocycles. The van der Waals surface area contributed by atoms with Crippen LogP contribution in [0.4, 0.5) is 5.13 Å². The Bertz CT molecular complexity index is 1510. The van der Waals surface area contributed by atoms with Crippen molar-refractivity contribution in [3.63, 3.8) is 0 Å². The standard InChI is InChI=1S/C24H20ClN3O5S/c1-5-18-26-27-24(34-18)28-20(12-6-7-15(31-3)17(9-12)32-4)19-21(29)13-10-14(25)11(2)8-16(13)33-22(19)23(28)30/h6-10,20H,5H2,1-4H3. The van der Waals surface area contributed by atoms with E-state index in [1.807, 2.05) is 13.8 Å². The van der Waals surface area contributed by atoms with Gasteiger partial charge in [-0.2, -0.15) is 0 Å². The van der Waals surface area contributed by atoms with E-state index in [9.17, 15) is 9.59 Å². The van der Waals surface area contributed by atoms with Crippen LogP contribution < -0.4 is 19.8 Å². The number of anilines is 1. The van der Waals surface area contributed by atoms with E-state index in [4.69, 9.17) is 25.5 Å². The molecule has 1 unspecified atom stereocenters. The zero-order chi connectivity index (χ0) is 24.1. The number of ether oxygens (including phenoxy) is 2. The fraction of sp³-hybridized carbons (Fsp3) is 0.250. The number of amides is 1. The fourth-order valence-corrected chi connectivity index (χ4v) is 5.08. The molecule has 1 aliphatic heterocycles. The van der Waals surface area contributed by atoms with Gasteiger partial charge in [0.25, 0.3) is 5.91 Å². The Labute approximate surface area is 203 Å². The maximum Gasteiger partial charge on any atom is 0.297 e. The van der Waals surface area contributed by atoms with E-state index in [1.165, 1.54) is 30.5 Å². The first-order chi connectivity index (χ1) is 16.4. The van der Waals surface area contributed by atoms with E-state index in [2.05, 4.69) is 10.2 Å². The number of hydrogen-bond acceptors (Lipinski definition) is 8. The summed E-state index contributed by atoms with van der Waals surface area (Å²) in [4.78, 5) is 28.9. The molecule has 0 spiro atoms. The summed E-state index contributed by atoms with van der Waals surface area (Å²) in [5, 5.41) is 10.3. The maximum absolute atomic E-state index is 13.7. The van der Waals surface area contributed by atoms with Crippen LogP contribution in [0.2, 0.25) is 5.02 Å². The first-order valence-electron chi connectivity index (χ1n) is 10.5. The number of halogens is 1. The molecule has 1 amide bonds. The van der Waals surface area contributed by atoms with Gasteiger partial charge in [-0.3, -0.25) is 14.5 Å². The minimum atomic E-state index is -0.791. The number of benzene rings is 2. The van der Waals surface area contributed by atoms with E-state index in [0.29, 0.717) is 44.6 Å². The van der Waals surface area contributed by atoms with Crippen molar-refractivity contribution < 1.29 is 18.7 Å². The highest BCUT2D eigenvalue weighted by Crippen LogP contribution is 2.44. The Balaban J connectivity index is 1.81. The number of hydrogen-bond donors (Lipinski definition) is 0. The monoisotopic (exact) mass is 497 g/mol. The summed E-state index contributed by atoms with van der Waals surface area (Å²) in [5.74, 6) is 0.517. The molecular weight excluding hydrogens is 478 g/mol. The molecule has 0 saturated heterocycles. The number of carbonyl (C=O) groups is 1. The Morgan fingerprint density at radius 1 is 1.12 bits per heavy atom. The van der Waals surface area contributed by atoms with Gasteiger partial charge >= 0.3 is 0 Å². The summed E-state index contributed by atoms with van der Waals surface area (Å²) in [6.45, 7) is 3.77. The number of aromatic nitrogens is 2. The zero-order valence-corrected chi connectivity index (χ0v) is 20.4. The molecule has 0 N–H and O–H groups in total. The Kier molecular flexibility index (Phi) is 5.53.